The summed E-state index contributed by atoms with van der Waals surface area (Å²) in [5.41, 5.74) is 2.54. The molecule has 2 aromatic rings. The molecule has 2 aromatic carbocycles. The maximum absolute atomic E-state index is 12.1. The molecule has 1 heterocycles. The van der Waals surface area contributed by atoms with Gasteiger partial charge in [0.1, 0.15) is 11.5 Å². The van der Waals surface area contributed by atoms with Gasteiger partial charge in [0.05, 0.1) is 17.6 Å². The van der Waals surface area contributed by atoms with Crippen molar-refractivity contribution < 1.29 is 19.2 Å². The molecule has 0 fully saturated rings. The third-order valence-corrected chi connectivity index (χ3v) is 3.80. The lowest BCUT2D eigenvalue weighted by Gasteiger charge is -2.04. The van der Waals surface area contributed by atoms with Crippen molar-refractivity contribution in [3.63, 3.8) is 0 Å². The van der Waals surface area contributed by atoms with Gasteiger partial charge in [-0.2, -0.15) is 0 Å². The molecule has 0 saturated carbocycles. The molecule has 0 radical (unpaired) electrons. The number of rotatable bonds is 4. The van der Waals surface area contributed by atoms with Crippen LogP contribution in [0.1, 0.15) is 16.7 Å². The summed E-state index contributed by atoms with van der Waals surface area (Å²) in [6.07, 6.45) is 3.14. The topological polar surface area (TPSA) is 78.7 Å². The number of aryl methyl sites for hydroxylation is 1. The Morgan fingerprint density at radius 3 is 2.52 bits per heavy atom. The number of ether oxygens (including phenoxy) is 2. The van der Waals surface area contributed by atoms with Crippen LogP contribution < -0.4 is 4.74 Å². The normalized spacial score (nSPS) is 15.0. The van der Waals surface area contributed by atoms with Gasteiger partial charge in [0.15, 0.2) is 0 Å². The van der Waals surface area contributed by atoms with Gasteiger partial charge >= 0.3 is 5.97 Å². The number of nitro benzene ring substituents is 1. The first kappa shape index (κ1) is 16.4. The number of nitrogens with zero attached hydrogens (tertiary/aromatic N) is 1. The Labute approximate surface area is 144 Å². The van der Waals surface area contributed by atoms with Crippen LogP contribution in [-0.4, -0.2) is 18.0 Å². The summed E-state index contributed by atoms with van der Waals surface area (Å²) in [5, 5.41) is 11.0. The van der Waals surface area contributed by atoms with Gasteiger partial charge in [0, 0.05) is 23.3 Å². The Morgan fingerprint density at radius 2 is 1.88 bits per heavy atom. The Hall–Kier alpha value is -3.41. The maximum atomic E-state index is 12.1. The van der Waals surface area contributed by atoms with E-state index in [1.807, 2.05) is 31.2 Å². The van der Waals surface area contributed by atoms with E-state index in [2.05, 4.69) is 0 Å². The quantitative estimate of drug-likeness (QED) is 0.366. The number of carbonyl (C=O) groups is 1. The van der Waals surface area contributed by atoms with E-state index in [9.17, 15) is 14.9 Å². The fourth-order valence-electron chi connectivity index (χ4n) is 2.46. The smallest absolute Gasteiger partial charge is 0.343 e. The third-order valence-electron chi connectivity index (χ3n) is 3.80. The van der Waals surface area contributed by atoms with Crippen molar-refractivity contribution >= 4 is 23.5 Å². The minimum atomic E-state index is -0.510. The molecular formula is C19H15NO5. The van der Waals surface area contributed by atoms with E-state index in [1.54, 1.807) is 6.08 Å². The molecule has 0 amide bonds. The number of hydrogen-bond donors (Lipinski definition) is 0. The molecule has 6 heteroatoms. The van der Waals surface area contributed by atoms with E-state index in [-0.39, 0.29) is 5.69 Å². The van der Waals surface area contributed by atoms with Crippen molar-refractivity contribution in [2.75, 3.05) is 7.11 Å². The molecule has 3 rings (SSSR count). The summed E-state index contributed by atoms with van der Waals surface area (Å²) in [4.78, 5) is 22.6. The molecule has 0 atom stereocenters. The highest BCUT2D eigenvalue weighted by Gasteiger charge is 2.23. The summed E-state index contributed by atoms with van der Waals surface area (Å²) in [6.45, 7) is 1.97. The molecule has 1 aliphatic heterocycles. The highest BCUT2D eigenvalue weighted by molar-refractivity contribution is 6.05. The first-order valence-electron chi connectivity index (χ1n) is 7.53. The largest absolute Gasteiger partial charge is 0.496 e. The number of cyclic esters (lactones) is 1. The van der Waals surface area contributed by atoms with Crippen LogP contribution >= 0.6 is 0 Å². The lowest BCUT2D eigenvalue weighted by Crippen LogP contribution is -1.98. The molecule has 1 aliphatic rings. The van der Waals surface area contributed by atoms with E-state index in [1.165, 1.54) is 31.4 Å². The van der Waals surface area contributed by atoms with E-state index >= 15 is 0 Å². The predicted octanol–water partition coefficient (Wildman–Crippen LogP) is 3.89. The van der Waals surface area contributed by atoms with Crippen LogP contribution in [0.25, 0.3) is 11.8 Å². The van der Waals surface area contributed by atoms with Crippen molar-refractivity contribution in [3.05, 3.63) is 80.9 Å². The van der Waals surface area contributed by atoms with Crippen molar-refractivity contribution in [1.82, 2.24) is 0 Å². The van der Waals surface area contributed by atoms with E-state index in [4.69, 9.17) is 9.47 Å². The third kappa shape index (κ3) is 3.42. The summed E-state index contributed by atoms with van der Waals surface area (Å²) in [7, 11) is 1.46. The average Bonchev–Trinajstić information content (AvgIpc) is 2.96. The molecule has 126 valence electrons. The van der Waals surface area contributed by atoms with Gasteiger partial charge in [-0.15, -0.1) is 0 Å². The average molecular weight is 337 g/mol. The lowest BCUT2D eigenvalue weighted by molar-refractivity contribution is -0.384. The highest BCUT2D eigenvalue weighted by Crippen LogP contribution is 2.31. The summed E-state index contributed by atoms with van der Waals surface area (Å²) < 4.78 is 10.5. The predicted molar refractivity (Wildman–Crippen MR) is 92.9 cm³/mol. The first-order chi connectivity index (χ1) is 12.0. The number of esters is 1. The van der Waals surface area contributed by atoms with Gasteiger partial charge in [-0.05, 0) is 25.1 Å². The van der Waals surface area contributed by atoms with Crippen LogP contribution in [0.3, 0.4) is 0 Å². The van der Waals surface area contributed by atoms with Crippen LogP contribution in [0.4, 0.5) is 5.69 Å². The molecule has 0 unspecified atom stereocenters. The Kier molecular flexibility index (Phi) is 4.35. The molecule has 6 nitrogen and oxygen atoms in total. The van der Waals surface area contributed by atoms with Gasteiger partial charge in [-0.1, -0.05) is 29.8 Å². The van der Waals surface area contributed by atoms with Gasteiger partial charge < -0.3 is 9.47 Å². The minimum Gasteiger partial charge on any atom is -0.496 e. The Bertz CT molecular complexity index is 910. The Morgan fingerprint density at radius 1 is 1.16 bits per heavy atom. The van der Waals surface area contributed by atoms with Gasteiger partial charge in [-0.25, -0.2) is 4.79 Å². The second-order valence-electron chi connectivity index (χ2n) is 5.55. The molecule has 25 heavy (non-hydrogen) atoms. The van der Waals surface area contributed by atoms with Crippen LogP contribution in [0.2, 0.25) is 0 Å². The van der Waals surface area contributed by atoms with Crippen LogP contribution in [0.15, 0.2) is 54.1 Å². The number of carbonyl (C=O) groups excluding carboxylic acids is 1. The Balaban J connectivity index is 2.00. The van der Waals surface area contributed by atoms with E-state index < -0.39 is 10.9 Å². The lowest BCUT2D eigenvalue weighted by atomic mass is 10.1. The number of nitro groups is 1. The molecule has 0 saturated heterocycles. The summed E-state index contributed by atoms with van der Waals surface area (Å²) >= 11 is 0. The zero-order valence-corrected chi connectivity index (χ0v) is 13.7. The van der Waals surface area contributed by atoms with Crippen LogP contribution in [-0.2, 0) is 9.53 Å². The standard InChI is InChI=1S/C19H15NO5/c1-12-3-5-13(6-4-12)18-11-15(19(21)25-18)9-14-10-16(20(22)23)7-8-17(14)24-2/h3-11H,1-2H3/b15-9-. The maximum Gasteiger partial charge on any atom is 0.343 e. The number of hydrogen-bond acceptors (Lipinski definition) is 5. The molecular weight excluding hydrogens is 322 g/mol. The van der Waals surface area contributed by atoms with Gasteiger partial charge in [-0.3, -0.25) is 10.1 Å². The second kappa shape index (κ2) is 6.60. The van der Waals surface area contributed by atoms with E-state index in [0.29, 0.717) is 22.6 Å². The number of non-ortho nitro benzene ring substituents is 1. The molecule has 0 aliphatic carbocycles. The summed E-state index contributed by atoms with van der Waals surface area (Å²) in [6, 6.07) is 11.8. The molecule has 0 aromatic heterocycles. The van der Waals surface area contributed by atoms with E-state index in [0.717, 1.165) is 11.1 Å². The highest BCUT2D eigenvalue weighted by atomic mass is 16.6. The molecule has 0 bridgehead atoms. The van der Waals surface area contributed by atoms with Gasteiger partial charge in [0.2, 0.25) is 0 Å². The molecule has 0 spiro atoms. The second-order valence-corrected chi connectivity index (χ2v) is 5.55. The monoisotopic (exact) mass is 337 g/mol. The fraction of sp³-hybridized carbons (Fsp3) is 0.105. The van der Waals surface area contributed by atoms with Crippen molar-refractivity contribution in [2.24, 2.45) is 0 Å². The van der Waals surface area contributed by atoms with Crippen LogP contribution in [0, 0.1) is 17.0 Å². The molecule has 0 N–H and O–H groups in total. The zero-order chi connectivity index (χ0) is 18.0. The van der Waals surface area contributed by atoms with Crippen LogP contribution in [0.5, 0.6) is 5.75 Å². The first-order valence-corrected chi connectivity index (χ1v) is 7.53. The zero-order valence-electron chi connectivity index (χ0n) is 13.7. The van der Waals surface area contributed by atoms with Gasteiger partial charge in [0.25, 0.3) is 5.69 Å². The fourth-order valence-corrected chi connectivity index (χ4v) is 2.46. The minimum absolute atomic E-state index is 0.0817. The van der Waals surface area contributed by atoms with Crippen molar-refractivity contribution in [3.8, 4) is 5.75 Å². The van der Waals surface area contributed by atoms with Crippen molar-refractivity contribution in [2.45, 2.75) is 6.92 Å². The van der Waals surface area contributed by atoms with Crippen molar-refractivity contribution in [1.29, 1.82) is 0 Å². The summed E-state index contributed by atoms with van der Waals surface area (Å²) in [5.74, 6) is 0.368. The number of benzene rings is 2. The number of methoxy groups -OCH3 is 1. The SMILES string of the molecule is COc1ccc([N+](=O)[O-])cc1/C=C1/C=C(c2ccc(C)cc2)OC1=O.